The molecule has 1 atom stereocenters. The first-order chi connectivity index (χ1) is 10.1. The molecule has 1 amide bonds. The largest absolute Gasteiger partial charge is 0.451 e. The smallest absolute Gasteiger partial charge is 0.348 e. The average molecular weight is 368 g/mol. The Bertz CT molecular complexity index is 627. The maximum Gasteiger partial charge on any atom is 0.348 e. The van der Waals surface area contributed by atoms with E-state index in [-0.39, 0.29) is 18.6 Å². The Hall–Kier alpha value is -1.66. The first-order valence-corrected chi connectivity index (χ1v) is 7.94. The monoisotopic (exact) mass is 367 g/mol. The number of rotatable bonds is 5. The lowest BCUT2D eigenvalue weighted by molar-refractivity contribution is -0.124. The first-order valence-electron chi connectivity index (χ1n) is 6.33. The highest BCUT2D eigenvalue weighted by Gasteiger charge is 2.14. The SMILES string of the molecule is CC(NC(=O)COC(=O)c1ccc(Br)s1)c1ccccc1. The molecule has 1 N–H and O–H groups in total. The van der Waals surface area contributed by atoms with Crippen molar-refractivity contribution in [1.29, 1.82) is 0 Å². The fourth-order valence-corrected chi connectivity index (χ4v) is 3.01. The van der Waals surface area contributed by atoms with E-state index in [2.05, 4.69) is 21.2 Å². The highest BCUT2D eigenvalue weighted by molar-refractivity contribution is 9.11. The van der Waals surface area contributed by atoms with Crippen LogP contribution < -0.4 is 5.32 Å². The van der Waals surface area contributed by atoms with Gasteiger partial charge in [0.15, 0.2) is 6.61 Å². The summed E-state index contributed by atoms with van der Waals surface area (Å²) in [4.78, 5) is 23.9. The molecule has 1 heterocycles. The van der Waals surface area contributed by atoms with Crippen LogP contribution in [0.15, 0.2) is 46.3 Å². The number of benzene rings is 1. The predicted molar refractivity (Wildman–Crippen MR) is 85.3 cm³/mol. The minimum absolute atomic E-state index is 0.131. The van der Waals surface area contributed by atoms with Crippen molar-refractivity contribution in [2.45, 2.75) is 13.0 Å². The standard InChI is InChI=1S/C15H14BrNO3S/c1-10(11-5-3-2-4-6-11)17-14(18)9-20-15(19)12-7-8-13(16)21-12/h2-8,10H,9H2,1H3,(H,17,18). The van der Waals surface area contributed by atoms with E-state index < -0.39 is 5.97 Å². The molecule has 0 saturated heterocycles. The van der Waals surface area contributed by atoms with Gasteiger partial charge in [-0.2, -0.15) is 0 Å². The van der Waals surface area contributed by atoms with Crippen LogP contribution in [0.4, 0.5) is 0 Å². The zero-order valence-electron chi connectivity index (χ0n) is 11.3. The zero-order valence-corrected chi connectivity index (χ0v) is 13.7. The van der Waals surface area contributed by atoms with Crippen molar-refractivity contribution < 1.29 is 14.3 Å². The Kier molecular flexibility index (Phi) is 5.52. The number of carbonyl (C=O) groups is 2. The number of amides is 1. The molecule has 0 fully saturated rings. The molecule has 0 spiro atoms. The molecule has 0 aliphatic heterocycles. The van der Waals surface area contributed by atoms with E-state index in [1.54, 1.807) is 12.1 Å². The molecule has 0 aliphatic rings. The summed E-state index contributed by atoms with van der Waals surface area (Å²) in [6, 6.07) is 12.9. The van der Waals surface area contributed by atoms with E-state index in [4.69, 9.17) is 4.74 Å². The fourth-order valence-electron chi connectivity index (χ4n) is 1.73. The van der Waals surface area contributed by atoms with Gasteiger partial charge in [-0.1, -0.05) is 30.3 Å². The molecule has 0 saturated carbocycles. The number of ether oxygens (including phenoxy) is 1. The number of thiophene rings is 1. The van der Waals surface area contributed by atoms with Gasteiger partial charge in [0.1, 0.15) is 4.88 Å². The molecule has 6 heteroatoms. The normalized spacial score (nSPS) is 11.7. The third kappa shape index (κ3) is 4.68. The third-order valence-corrected chi connectivity index (χ3v) is 4.39. The number of esters is 1. The Balaban J connectivity index is 1.81. The molecule has 21 heavy (non-hydrogen) atoms. The van der Waals surface area contributed by atoms with Crippen LogP contribution in [0, 0.1) is 0 Å². The van der Waals surface area contributed by atoms with Crippen LogP contribution in [0.25, 0.3) is 0 Å². The summed E-state index contributed by atoms with van der Waals surface area (Å²) < 4.78 is 5.82. The second-order valence-corrected chi connectivity index (χ2v) is 6.84. The van der Waals surface area contributed by atoms with E-state index in [0.717, 1.165) is 9.35 Å². The minimum atomic E-state index is -0.492. The molecule has 4 nitrogen and oxygen atoms in total. The number of carbonyl (C=O) groups excluding carboxylic acids is 2. The van der Waals surface area contributed by atoms with Crippen molar-refractivity contribution in [3.63, 3.8) is 0 Å². The lowest BCUT2D eigenvalue weighted by atomic mass is 10.1. The van der Waals surface area contributed by atoms with E-state index in [1.807, 2.05) is 37.3 Å². The first kappa shape index (κ1) is 15.7. The maximum absolute atomic E-state index is 11.8. The molecular weight excluding hydrogens is 354 g/mol. The fraction of sp³-hybridized carbons (Fsp3) is 0.200. The van der Waals surface area contributed by atoms with Crippen molar-refractivity contribution in [2.24, 2.45) is 0 Å². The second kappa shape index (κ2) is 7.38. The van der Waals surface area contributed by atoms with Gasteiger partial charge in [0.2, 0.25) is 0 Å². The Morgan fingerprint density at radius 3 is 2.57 bits per heavy atom. The van der Waals surface area contributed by atoms with E-state index >= 15 is 0 Å². The van der Waals surface area contributed by atoms with Gasteiger partial charge in [-0.15, -0.1) is 11.3 Å². The van der Waals surface area contributed by atoms with Gasteiger partial charge < -0.3 is 10.1 Å². The van der Waals surface area contributed by atoms with E-state index in [9.17, 15) is 9.59 Å². The van der Waals surface area contributed by atoms with Crippen molar-refractivity contribution in [3.8, 4) is 0 Å². The Morgan fingerprint density at radius 2 is 1.95 bits per heavy atom. The third-order valence-electron chi connectivity index (χ3n) is 2.79. The summed E-state index contributed by atoms with van der Waals surface area (Å²) >= 11 is 4.54. The molecule has 2 rings (SSSR count). The van der Waals surface area contributed by atoms with Crippen molar-refractivity contribution >= 4 is 39.1 Å². The molecule has 1 aromatic carbocycles. The molecular formula is C15H14BrNO3S. The molecule has 1 unspecified atom stereocenters. The maximum atomic E-state index is 11.8. The molecule has 2 aromatic rings. The number of hydrogen-bond acceptors (Lipinski definition) is 4. The summed E-state index contributed by atoms with van der Waals surface area (Å²) in [6.07, 6.45) is 0. The Labute approximate surface area is 135 Å². The lowest BCUT2D eigenvalue weighted by Crippen LogP contribution is -2.31. The van der Waals surface area contributed by atoms with Gasteiger partial charge in [-0.25, -0.2) is 4.79 Å². The summed E-state index contributed by atoms with van der Waals surface area (Å²) in [5, 5.41) is 2.79. The van der Waals surface area contributed by atoms with Crippen LogP contribution in [0.1, 0.15) is 28.2 Å². The topological polar surface area (TPSA) is 55.4 Å². The number of nitrogens with one attached hydrogen (secondary N) is 1. The van der Waals surface area contributed by atoms with Crippen LogP contribution in [0.2, 0.25) is 0 Å². The number of halogens is 1. The summed E-state index contributed by atoms with van der Waals surface area (Å²) in [5.74, 6) is -0.816. The lowest BCUT2D eigenvalue weighted by Gasteiger charge is -2.14. The quantitative estimate of drug-likeness (QED) is 0.822. The molecule has 0 aliphatic carbocycles. The van der Waals surface area contributed by atoms with Crippen LogP contribution in [-0.2, 0) is 9.53 Å². The van der Waals surface area contributed by atoms with Crippen LogP contribution in [-0.4, -0.2) is 18.5 Å². The van der Waals surface area contributed by atoms with Crippen molar-refractivity contribution in [3.05, 3.63) is 56.7 Å². The van der Waals surface area contributed by atoms with Crippen molar-refractivity contribution in [1.82, 2.24) is 5.32 Å². The van der Waals surface area contributed by atoms with E-state index in [0.29, 0.717) is 4.88 Å². The van der Waals surface area contributed by atoms with Crippen molar-refractivity contribution in [2.75, 3.05) is 6.61 Å². The van der Waals surface area contributed by atoms with Gasteiger partial charge >= 0.3 is 5.97 Å². The summed E-state index contributed by atoms with van der Waals surface area (Å²) in [6.45, 7) is 1.59. The summed E-state index contributed by atoms with van der Waals surface area (Å²) in [7, 11) is 0. The van der Waals surface area contributed by atoms with Crippen LogP contribution in [0.3, 0.4) is 0 Å². The average Bonchev–Trinajstić information content (AvgIpc) is 2.92. The highest BCUT2D eigenvalue weighted by atomic mass is 79.9. The molecule has 110 valence electrons. The van der Waals surface area contributed by atoms with Gasteiger partial charge in [0.25, 0.3) is 5.91 Å². The van der Waals surface area contributed by atoms with Gasteiger partial charge in [-0.3, -0.25) is 4.79 Å². The molecule has 0 radical (unpaired) electrons. The second-order valence-electron chi connectivity index (χ2n) is 4.38. The van der Waals surface area contributed by atoms with Crippen LogP contribution in [0.5, 0.6) is 0 Å². The van der Waals surface area contributed by atoms with Gasteiger partial charge in [0.05, 0.1) is 9.83 Å². The summed E-state index contributed by atoms with van der Waals surface area (Å²) in [5.41, 5.74) is 0.999. The predicted octanol–water partition coefficient (Wildman–Crippen LogP) is 3.54. The molecule has 1 aromatic heterocycles. The minimum Gasteiger partial charge on any atom is -0.451 e. The van der Waals surface area contributed by atoms with Crippen LogP contribution >= 0.6 is 27.3 Å². The van der Waals surface area contributed by atoms with E-state index in [1.165, 1.54) is 11.3 Å². The zero-order chi connectivity index (χ0) is 15.2. The highest BCUT2D eigenvalue weighted by Crippen LogP contribution is 2.22. The van der Waals surface area contributed by atoms with Gasteiger partial charge in [0, 0.05) is 0 Å². The molecule has 0 bridgehead atoms. The van der Waals surface area contributed by atoms with Gasteiger partial charge in [-0.05, 0) is 40.5 Å². The number of hydrogen-bond donors (Lipinski definition) is 1. The Morgan fingerprint density at radius 1 is 1.24 bits per heavy atom.